The fourth-order valence-corrected chi connectivity index (χ4v) is 2.17. The Morgan fingerprint density at radius 2 is 2.32 bits per heavy atom. The number of nitrogens with zero attached hydrogens (tertiary/aromatic N) is 3. The first-order valence-electron chi connectivity index (χ1n) is 6.30. The second kappa shape index (κ2) is 5.09. The standard InChI is InChI=1S/C13H15N5O/c19-10-3-2-6-18(8-10)13-7-12(15-9-16-13)17-11-4-1-5-14-11/h1,4-5,7,9,14H,2-3,6,8H2,(H,15,16,17). The van der Waals surface area contributed by atoms with Gasteiger partial charge in [0.25, 0.3) is 0 Å². The van der Waals surface area contributed by atoms with Crippen LogP contribution in [0.5, 0.6) is 0 Å². The molecule has 2 aromatic rings. The van der Waals surface area contributed by atoms with Gasteiger partial charge in [-0.15, -0.1) is 0 Å². The Morgan fingerprint density at radius 3 is 3.11 bits per heavy atom. The third-order valence-electron chi connectivity index (χ3n) is 3.09. The summed E-state index contributed by atoms with van der Waals surface area (Å²) < 4.78 is 0. The molecule has 0 amide bonds. The van der Waals surface area contributed by atoms with Gasteiger partial charge in [0, 0.05) is 25.2 Å². The van der Waals surface area contributed by atoms with Crippen LogP contribution in [-0.2, 0) is 4.79 Å². The summed E-state index contributed by atoms with van der Waals surface area (Å²) in [5.41, 5.74) is 0. The summed E-state index contributed by atoms with van der Waals surface area (Å²) in [6.07, 6.45) is 4.92. The molecule has 1 aliphatic heterocycles. The average Bonchev–Trinajstić information content (AvgIpc) is 2.92. The average molecular weight is 257 g/mol. The molecule has 3 rings (SSSR count). The summed E-state index contributed by atoms with van der Waals surface area (Å²) in [5.74, 6) is 2.64. The molecule has 19 heavy (non-hydrogen) atoms. The number of rotatable bonds is 3. The minimum atomic E-state index is 0.267. The van der Waals surface area contributed by atoms with Crippen LogP contribution in [0.1, 0.15) is 12.8 Å². The molecule has 98 valence electrons. The molecule has 0 aromatic carbocycles. The van der Waals surface area contributed by atoms with Crippen molar-refractivity contribution in [1.82, 2.24) is 15.0 Å². The lowest BCUT2D eigenvalue weighted by Gasteiger charge is -2.26. The molecule has 2 N–H and O–H groups in total. The van der Waals surface area contributed by atoms with E-state index < -0.39 is 0 Å². The van der Waals surface area contributed by atoms with Gasteiger partial charge < -0.3 is 15.2 Å². The largest absolute Gasteiger partial charge is 0.349 e. The molecule has 0 saturated carbocycles. The predicted molar refractivity (Wildman–Crippen MR) is 72.6 cm³/mol. The van der Waals surface area contributed by atoms with Gasteiger partial charge in [-0.1, -0.05) is 0 Å². The summed E-state index contributed by atoms with van der Waals surface area (Å²) >= 11 is 0. The molecule has 3 heterocycles. The molecule has 0 unspecified atom stereocenters. The third-order valence-corrected chi connectivity index (χ3v) is 3.09. The van der Waals surface area contributed by atoms with Crippen LogP contribution in [0.25, 0.3) is 0 Å². The Hall–Kier alpha value is -2.37. The van der Waals surface area contributed by atoms with Gasteiger partial charge in [0.05, 0.1) is 6.54 Å². The highest BCUT2D eigenvalue weighted by atomic mass is 16.1. The van der Waals surface area contributed by atoms with Gasteiger partial charge in [0.15, 0.2) is 5.78 Å². The smallest absolute Gasteiger partial charge is 0.152 e. The fraction of sp³-hybridized carbons (Fsp3) is 0.308. The lowest BCUT2D eigenvalue weighted by Crippen LogP contribution is -2.36. The lowest BCUT2D eigenvalue weighted by atomic mass is 10.1. The van der Waals surface area contributed by atoms with Crippen molar-refractivity contribution in [3.05, 3.63) is 30.7 Å². The highest BCUT2D eigenvalue weighted by Gasteiger charge is 2.18. The molecule has 0 bridgehead atoms. The van der Waals surface area contributed by atoms with E-state index in [2.05, 4.69) is 20.3 Å². The van der Waals surface area contributed by atoms with Crippen molar-refractivity contribution in [2.24, 2.45) is 0 Å². The van der Waals surface area contributed by atoms with Crippen LogP contribution in [0.2, 0.25) is 0 Å². The maximum Gasteiger partial charge on any atom is 0.152 e. The van der Waals surface area contributed by atoms with Gasteiger partial charge in [-0.25, -0.2) is 9.97 Å². The molecule has 0 radical (unpaired) electrons. The van der Waals surface area contributed by atoms with Crippen molar-refractivity contribution in [1.29, 1.82) is 0 Å². The van der Waals surface area contributed by atoms with Crippen molar-refractivity contribution in [3.63, 3.8) is 0 Å². The lowest BCUT2D eigenvalue weighted by molar-refractivity contribution is -0.118. The zero-order valence-electron chi connectivity index (χ0n) is 10.5. The van der Waals surface area contributed by atoms with E-state index in [1.807, 2.05) is 29.3 Å². The summed E-state index contributed by atoms with van der Waals surface area (Å²) in [7, 11) is 0. The van der Waals surface area contributed by atoms with Crippen LogP contribution in [0.3, 0.4) is 0 Å². The van der Waals surface area contributed by atoms with Gasteiger partial charge in [0.1, 0.15) is 23.8 Å². The number of ketones is 1. The van der Waals surface area contributed by atoms with Crippen LogP contribution < -0.4 is 10.2 Å². The molecule has 6 nitrogen and oxygen atoms in total. The second-order valence-corrected chi connectivity index (χ2v) is 4.53. The third kappa shape index (κ3) is 2.73. The minimum absolute atomic E-state index is 0.267. The summed E-state index contributed by atoms with van der Waals surface area (Å²) in [6.45, 7) is 1.31. The Morgan fingerprint density at radius 1 is 1.37 bits per heavy atom. The molecule has 2 aromatic heterocycles. The topological polar surface area (TPSA) is 73.9 Å². The molecular formula is C13H15N5O. The molecule has 1 aliphatic rings. The molecule has 6 heteroatoms. The zero-order chi connectivity index (χ0) is 13.1. The van der Waals surface area contributed by atoms with Gasteiger partial charge >= 0.3 is 0 Å². The van der Waals surface area contributed by atoms with Crippen LogP contribution in [0, 0.1) is 0 Å². The van der Waals surface area contributed by atoms with E-state index >= 15 is 0 Å². The highest BCUT2D eigenvalue weighted by molar-refractivity contribution is 5.84. The minimum Gasteiger partial charge on any atom is -0.349 e. The quantitative estimate of drug-likeness (QED) is 0.875. The number of carbonyl (C=O) groups excluding carboxylic acids is 1. The first-order chi connectivity index (χ1) is 9.31. The molecule has 0 aliphatic carbocycles. The molecule has 1 saturated heterocycles. The number of nitrogens with one attached hydrogen (secondary N) is 2. The normalized spacial score (nSPS) is 15.6. The number of hydrogen-bond donors (Lipinski definition) is 2. The van der Waals surface area contributed by atoms with Gasteiger partial charge in [-0.05, 0) is 18.6 Å². The van der Waals surface area contributed by atoms with Gasteiger partial charge in [-0.2, -0.15) is 0 Å². The monoisotopic (exact) mass is 257 g/mol. The van der Waals surface area contributed by atoms with Crippen LogP contribution in [0.15, 0.2) is 30.7 Å². The summed E-state index contributed by atoms with van der Waals surface area (Å²) in [6, 6.07) is 5.69. The number of anilines is 3. The van der Waals surface area contributed by atoms with E-state index in [1.165, 1.54) is 6.33 Å². The first kappa shape index (κ1) is 11.7. The SMILES string of the molecule is O=C1CCCN(c2cc(Nc3ccc[nH]3)ncn2)C1. The Kier molecular flexibility index (Phi) is 3.14. The number of hydrogen-bond acceptors (Lipinski definition) is 5. The Labute approximate surface area is 110 Å². The van der Waals surface area contributed by atoms with Crippen molar-refractivity contribution >= 4 is 23.2 Å². The van der Waals surface area contributed by atoms with Crippen molar-refractivity contribution in [2.75, 3.05) is 23.3 Å². The summed E-state index contributed by atoms with van der Waals surface area (Å²) in [5, 5.41) is 3.16. The predicted octanol–water partition coefficient (Wildman–Crippen LogP) is 1.72. The van der Waals surface area contributed by atoms with E-state index in [1.54, 1.807) is 0 Å². The van der Waals surface area contributed by atoms with E-state index in [0.29, 0.717) is 18.8 Å². The number of Topliss-reactive ketones (excluding diaryl/α,β-unsaturated/α-hetero) is 1. The van der Waals surface area contributed by atoms with Gasteiger partial charge in [0.2, 0.25) is 0 Å². The molecule has 0 spiro atoms. The van der Waals surface area contributed by atoms with Crippen LogP contribution >= 0.6 is 0 Å². The van der Waals surface area contributed by atoms with Gasteiger partial charge in [-0.3, -0.25) is 4.79 Å². The van der Waals surface area contributed by atoms with E-state index in [0.717, 1.165) is 24.6 Å². The summed E-state index contributed by atoms with van der Waals surface area (Å²) in [4.78, 5) is 24.9. The molecule has 1 fully saturated rings. The van der Waals surface area contributed by atoms with E-state index in [-0.39, 0.29) is 5.78 Å². The molecule has 0 atom stereocenters. The first-order valence-corrected chi connectivity index (χ1v) is 6.30. The maximum absolute atomic E-state index is 11.5. The zero-order valence-corrected chi connectivity index (χ0v) is 10.5. The Balaban J connectivity index is 1.77. The van der Waals surface area contributed by atoms with Crippen LogP contribution in [0.4, 0.5) is 17.5 Å². The number of H-pyrrole nitrogens is 1. The van der Waals surface area contributed by atoms with Crippen molar-refractivity contribution < 1.29 is 4.79 Å². The number of aromatic nitrogens is 3. The molecular weight excluding hydrogens is 242 g/mol. The number of aromatic amines is 1. The maximum atomic E-state index is 11.5. The van der Waals surface area contributed by atoms with E-state index in [9.17, 15) is 4.79 Å². The van der Waals surface area contributed by atoms with Crippen LogP contribution in [-0.4, -0.2) is 33.8 Å². The highest BCUT2D eigenvalue weighted by Crippen LogP contribution is 2.19. The second-order valence-electron chi connectivity index (χ2n) is 4.53. The fourth-order valence-electron chi connectivity index (χ4n) is 2.17. The Bertz CT molecular complexity index is 566. The number of piperidine rings is 1. The van der Waals surface area contributed by atoms with Crippen molar-refractivity contribution in [2.45, 2.75) is 12.8 Å². The van der Waals surface area contributed by atoms with E-state index in [4.69, 9.17) is 0 Å². The number of carbonyl (C=O) groups is 1. The van der Waals surface area contributed by atoms with Crippen molar-refractivity contribution in [3.8, 4) is 0 Å².